The van der Waals surface area contributed by atoms with Crippen LogP contribution in [0.3, 0.4) is 0 Å². The summed E-state index contributed by atoms with van der Waals surface area (Å²) in [6, 6.07) is 13.3. The summed E-state index contributed by atoms with van der Waals surface area (Å²) in [7, 11) is 2.22. The van der Waals surface area contributed by atoms with E-state index in [0.717, 1.165) is 32.5 Å². The number of anilines is 1. The van der Waals surface area contributed by atoms with Crippen molar-refractivity contribution in [2.75, 3.05) is 25.5 Å². The minimum Gasteiger partial charge on any atom is -0.384 e. The molecule has 2 nitrogen and oxygen atoms in total. The van der Waals surface area contributed by atoms with Gasteiger partial charge in [0.25, 0.3) is 0 Å². The fourth-order valence-electron chi connectivity index (χ4n) is 3.57. The highest BCUT2D eigenvalue weighted by atomic mass is 15.1. The highest BCUT2D eigenvalue weighted by molar-refractivity contribution is 5.77. The van der Waals surface area contributed by atoms with Crippen molar-refractivity contribution in [1.82, 2.24) is 4.90 Å². The lowest BCUT2D eigenvalue weighted by Gasteiger charge is -2.29. The van der Waals surface area contributed by atoms with E-state index in [1.54, 1.807) is 5.56 Å². The average Bonchev–Trinajstić information content (AvgIpc) is 2.96. The molecule has 0 aromatic heterocycles. The van der Waals surface area contributed by atoms with Crippen LogP contribution in [0.15, 0.2) is 36.4 Å². The molecule has 102 valence electrons. The molecular weight excluding hydrogens is 244 g/mol. The second-order valence-electron chi connectivity index (χ2n) is 5.95. The van der Waals surface area contributed by atoms with E-state index in [-0.39, 0.29) is 0 Å². The summed E-state index contributed by atoms with van der Waals surface area (Å²) in [5, 5.41) is 3.60. The number of nitrogens with zero attached hydrogens (tertiary/aromatic N) is 1. The van der Waals surface area contributed by atoms with Crippen molar-refractivity contribution in [2.45, 2.75) is 19.4 Å². The molecule has 2 aliphatic heterocycles. The summed E-state index contributed by atoms with van der Waals surface area (Å²) in [5.74, 6) is 0. The standard InChI is InChI=1S/C18H20N2/c1-20-10-8-15-16(13-5-3-2-4-6-13)11-14-7-9-19-18(14)17(15)12-20/h2-6,11,19H,7-10,12H2,1H3. The first kappa shape index (κ1) is 12.0. The molecule has 0 spiro atoms. The molecular formula is C18H20N2. The normalized spacial score (nSPS) is 17.4. The van der Waals surface area contributed by atoms with Crippen molar-refractivity contribution in [3.05, 3.63) is 53.1 Å². The van der Waals surface area contributed by atoms with Crippen LogP contribution in [0.1, 0.15) is 16.7 Å². The second-order valence-corrected chi connectivity index (χ2v) is 5.95. The number of likely N-dealkylation sites (N-methyl/N-ethyl adjacent to an activating group) is 1. The Balaban J connectivity index is 1.94. The molecule has 0 radical (unpaired) electrons. The molecule has 0 saturated carbocycles. The maximum absolute atomic E-state index is 3.60. The topological polar surface area (TPSA) is 15.3 Å². The second kappa shape index (κ2) is 4.64. The Labute approximate surface area is 120 Å². The van der Waals surface area contributed by atoms with Gasteiger partial charge in [-0.3, -0.25) is 0 Å². The van der Waals surface area contributed by atoms with Gasteiger partial charge < -0.3 is 10.2 Å². The quantitative estimate of drug-likeness (QED) is 0.850. The van der Waals surface area contributed by atoms with Gasteiger partial charge in [0.1, 0.15) is 0 Å². The summed E-state index contributed by atoms with van der Waals surface area (Å²) in [6.07, 6.45) is 2.32. The van der Waals surface area contributed by atoms with E-state index < -0.39 is 0 Å². The summed E-state index contributed by atoms with van der Waals surface area (Å²) in [4.78, 5) is 2.43. The van der Waals surface area contributed by atoms with E-state index in [1.165, 1.54) is 27.9 Å². The van der Waals surface area contributed by atoms with Gasteiger partial charge in [0.2, 0.25) is 0 Å². The van der Waals surface area contributed by atoms with Gasteiger partial charge in [-0.1, -0.05) is 30.3 Å². The van der Waals surface area contributed by atoms with Gasteiger partial charge in [0.15, 0.2) is 0 Å². The highest BCUT2D eigenvalue weighted by Gasteiger charge is 2.25. The van der Waals surface area contributed by atoms with Crippen LogP contribution in [-0.4, -0.2) is 25.0 Å². The number of benzene rings is 2. The number of rotatable bonds is 1. The van der Waals surface area contributed by atoms with Crippen LogP contribution >= 0.6 is 0 Å². The van der Waals surface area contributed by atoms with Gasteiger partial charge in [-0.05, 0) is 53.8 Å². The molecule has 2 aliphatic rings. The molecule has 0 unspecified atom stereocenters. The van der Waals surface area contributed by atoms with Crippen LogP contribution in [0.4, 0.5) is 5.69 Å². The van der Waals surface area contributed by atoms with Crippen molar-refractivity contribution in [1.29, 1.82) is 0 Å². The minimum absolute atomic E-state index is 1.07. The predicted octanol–water partition coefficient (Wildman–Crippen LogP) is 3.31. The zero-order chi connectivity index (χ0) is 13.5. The molecule has 1 N–H and O–H groups in total. The number of hydrogen-bond donors (Lipinski definition) is 1. The molecule has 0 fully saturated rings. The third-order valence-electron chi connectivity index (χ3n) is 4.58. The van der Waals surface area contributed by atoms with E-state index in [2.05, 4.69) is 53.7 Å². The van der Waals surface area contributed by atoms with Gasteiger partial charge in [0.05, 0.1) is 0 Å². The SMILES string of the molecule is CN1CCc2c(-c3ccccc3)cc3c(c2C1)NCC3. The predicted molar refractivity (Wildman–Crippen MR) is 84.1 cm³/mol. The van der Waals surface area contributed by atoms with Gasteiger partial charge in [0, 0.05) is 25.3 Å². The fraction of sp³-hybridized carbons (Fsp3) is 0.333. The summed E-state index contributed by atoms with van der Waals surface area (Å²) >= 11 is 0. The summed E-state index contributed by atoms with van der Waals surface area (Å²) in [5.41, 5.74) is 8.83. The molecule has 4 rings (SSSR count). The van der Waals surface area contributed by atoms with E-state index in [9.17, 15) is 0 Å². The van der Waals surface area contributed by atoms with E-state index in [1.807, 2.05) is 0 Å². The number of fused-ring (bicyclic) bond motifs is 3. The lowest BCUT2D eigenvalue weighted by atomic mass is 9.87. The largest absolute Gasteiger partial charge is 0.384 e. The van der Waals surface area contributed by atoms with E-state index >= 15 is 0 Å². The first-order valence-corrected chi connectivity index (χ1v) is 7.48. The van der Waals surface area contributed by atoms with Crippen molar-refractivity contribution < 1.29 is 0 Å². The molecule has 2 heterocycles. The van der Waals surface area contributed by atoms with Crippen molar-refractivity contribution in [3.8, 4) is 11.1 Å². The van der Waals surface area contributed by atoms with Crippen LogP contribution in [0, 0.1) is 0 Å². The molecule has 2 aromatic carbocycles. The lowest BCUT2D eigenvalue weighted by Crippen LogP contribution is -2.27. The maximum Gasteiger partial charge on any atom is 0.0422 e. The molecule has 0 saturated heterocycles. The zero-order valence-electron chi connectivity index (χ0n) is 11.9. The van der Waals surface area contributed by atoms with Crippen molar-refractivity contribution in [3.63, 3.8) is 0 Å². The average molecular weight is 264 g/mol. The molecule has 2 aromatic rings. The van der Waals surface area contributed by atoms with Gasteiger partial charge >= 0.3 is 0 Å². The minimum atomic E-state index is 1.07. The highest BCUT2D eigenvalue weighted by Crippen LogP contribution is 2.39. The first-order valence-electron chi connectivity index (χ1n) is 7.48. The maximum atomic E-state index is 3.60. The summed E-state index contributed by atoms with van der Waals surface area (Å²) in [6.45, 7) is 3.32. The van der Waals surface area contributed by atoms with Crippen LogP contribution in [0.5, 0.6) is 0 Å². The molecule has 2 heteroatoms. The number of hydrogen-bond acceptors (Lipinski definition) is 2. The van der Waals surface area contributed by atoms with E-state index in [0.29, 0.717) is 0 Å². The van der Waals surface area contributed by atoms with Gasteiger partial charge in [-0.25, -0.2) is 0 Å². The fourth-order valence-corrected chi connectivity index (χ4v) is 3.57. The Bertz CT molecular complexity index is 646. The molecule has 0 amide bonds. The molecule has 20 heavy (non-hydrogen) atoms. The Morgan fingerprint density at radius 1 is 1.05 bits per heavy atom. The summed E-state index contributed by atoms with van der Waals surface area (Å²) < 4.78 is 0. The molecule has 0 aliphatic carbocycles. The van der Waals surface area contributed by atoms with E-state index in [4.69, 9.17) is 0 Å². The monoisotopic (exact) mass is 264 g/mol. The van der Waals surface area contributed by atoms with Crippen LogP contribution in [0.25, 0.3) is 11.1 Å². The number of nitrogens with one attached hydrogen (secondary N) is 1. The third-order valence-corrected chi connectivity index (χ3v) is 4.58. The Morgan fingerprint density at radius 3 is 2.75 bits per heavy atom. The Kier molecular flexibility index (Phi) is 2.78. The smallest absolute Gasteiger partial charge is 0.0422 e. The Morgan fingerprint density at radius 2 is 1.90 bits per heavy atom. The molecule has 0 atom stereocenters. The third kappa shape index (κ3) is 1.83. The first-order chi connectivity index (χ1) is 9.83. The van der Waals surface area contributed by atoms with Crippen LogP contribution in [-0.2, 0) is 19.4 Å². The van der Waals surface area contributed by atoms with Gasteiger partial charge in [-0.2, -0.15) is 0 Å². The van der Waals surface area contributed by atoms with Crippen molar-refractivity contribution >= 4 is 5.69 Å². The molecule has 0 bridgehead atoms. The van der Waals surface area contributed by atoms with Crippen molar-refractivity contribution in [2.24, 2.45) is 0 Å². The Hall–Kier alpha value is -1.80. The zero-order valence-corrected chi connectivity index (χ0v) is 11.9. The van der Waals surface area contributed by atoms with Crippen LogP contribution < -0.4 is 5.32 Å². The van der Waals surface area contributed by atoms with Crippen LogP contribution in [0.2, 0.25) is 0 Å². The van der Waals surface area contributed by atoms with Gasteiger partial charge in [-0.15, -0.1) is 0 Å². The lowest BCUT2D eigenvalue weighted by molar-refractivity contribution is 0.314.